The van der Waals surface area contributed by atoms with Gasteiger partial charge in [-0.15, -0.1) is 0 Å². The first-order valence-corrected chi connectivity index (χ1v) is 5.14. The number of rotatable bonds is 4. The van der Waals surface area contributed by atoms with Crippen LogP contribution in [0, 0.1) is 11.6 Å². The van der Waals surface area contributed by atoms with Gasteiger partial charge in [0.25, 0.3) is 5.91 Å². The van der Waals surface area contributed by atoms with E-state index in [1.165, 1.54) is 6.07 Å². The Kier molecular flexibility index (Phi) is 3.71. The summed E-state index contributed by atoms with van der Waals surface area (Å²) in [5, 5.41) is 3.44. The van der Waals surface area contributed by atoms with Crippen molar-refractivity contribution in [2.45, 2.75) is 6.61 Å². The zero-order valence-electron chi connectivity index (χ0n) is 9.52. The number of benzene rings is 1. The van der Waals surface area contributed by atoms with E-state index in [4.69, 9.17) is 15.1 Å². The van der Waals surface area contributed by atoms with Gasteiger partial charge < -0.3 is 9.26 Å². The highest BCUT2D eigenvalue weighted by molar-refractivity contribution is 5.91. The molecule has 2 aromatic rings. The second-order valence-corrected chi connectivity index (χ2v) is 3.55. The van der Waals surface area contributed by atoms with E-state index in [9.17, 15) is 13.6 Å². The number of ether oxygens (including phenoxy) is 1. The Morgan fingerprint density at radius 2 is 2.00 bits per heavy atom. The van der Waals surface area contributed by atoms with Gasteiger partial charge in [-0.1, -0.05) is 5.16 Å². The summed E-state index contributed by atoms with van der Waals surface area (Å²) < 4.78 is 35.7. The molecule has 2 rings (SSSR count). The molecule has 0 aliphatic rings. The van der Waals surface area contributed by atoms with Gasteiger partial charge in [-0.2, -0.15) is 0 Å². The number of nitrogen functional groups attached to an aromatic ring is 1. The molecule has 1 aromatic heterocycles. The standard InChI is InChI=1S/C11H9F2N3O3/c12-6-1-7(13)3-8(2-6)18-5-9-4-10(16-19-9)11(17)15-14/h1-4H,5,14H2,(H,15,17). The zero-order valence-corrected chi connectivity index (χ0v) is 9.52. The van der Waals surface area contributed by atoms with Gasteiger partial charge >= 0.3 is 0 Å². The van der Waals surface area contributed by atoms with E-state index in [0.717, 1.165) is 18.2 Å². The van der Waals surface area contributed by atoms with Gasteiger partial charge in [0.2, 0.25) is 0 Å². The van der Waals surface area contributed by atoms with Crippen LogP contribution in [0.25, 0.3) is 0 Å². The van der Waals surface area contributed by atoms with E-state index in [-0.39, 0.29) is 23.8 Å². The smallest absolute Gasteiger partial charge is 0.287 e. The van der Waals surface area contributed by atoms with Crippen LogP contribution in [0.4, 0.5) is 8.78 Å². The van der Waals surface area contributed by atoms with Crippen LogP contribution in [0.3, 0.4) is 0 Å². The molecule has 6 nitrogen and oxygen atoms in total. The molecule has 3 N–H and O–H groups in total. The summed E-state index contributed by atoms with van der Waals surface area (Å²) in [5.41, 5.74) is 1.86. The highest BCUT2D eigenvalue weighted by Gasteiger charge is 2.11. The lowest BCUT2D eigenvalue weighted by molar-refractivity contribution is 0.0944. The predicted molar refractivity (Wildman–Crippen MR) is 58.8 cm³/mol. The second kappa shape index (κ2) is 5.44. The summed E-state index contributed by atoms with van der Waals surface area (Å²) in [4.78, 5) is 11.1. The van der Waals surface area contributed by atoms with Gasteiger partial charge in [-0.25, -0.2) is 14.6 Å². The molecule has 0 atom stereocenters. The van der Waals surface area contributed by atoms with Crippen molar-refractivity contribution < 1.29 is 22.8 Å². The number of hydrazine groups is 1. The van der Waals surface area contributed by atoms with Gasteiger partial charge in [0.1, 0.15) is 24.0 Å². The molecule has 1 amide bonds. The van der Waals surface area contributed by atoms with Gasteiger partial charge in [0, 0.05) is 24.3 Å². The van der Waals surface area contributed by atoms with Crippen molar-refractivity contribution in [1.82, 2.24) is 10.6 Å². The minimum Gasteiger partial charge on any atom is -0.485 e. The summed E-state index contributed by atoms with van der Waals surface area (Å²) in [7, 11) is 0. The summed E-state index contributed by atoms with van der Waals surface area (Å²) >= 11 is 0. The molecule has 0 radical (unpaired) electrons. The number of aromatic nitrogens is 1. The van der Waals surface area contributed by atoms with E-state index in [0.29, 0.717) is 0 Å². The molecule has 0 saturated heterocycles. The number of halogens is 2. The van der Waals surface area contributed by atoms with Crippen LogP contribution < -0.4 is 16.0 Å². The van der Waals surface area contributed by atoms with E-state index in [1.54, 1.807) is 0 Å². The number of hydrogen-bond donors (Lipinski definition) is 2. The lowest BCUT2D eigenvalue weighted by atomic mass is 10.3. The Hall–Kier alpha value is -2.48. The van der Waals surface area contributed by atoms with Crippen LogP contribution in [-0.4, -0.2) is 11.1 Å². The van der Waals surface area contributed by atoms with Crippen molar-refractivity contribution in [3.8, 4) is 5.75 Å². The minimum atomic E-state index is -0.754. The molecule has 0 aliphatic heterocycles. The third-order valence-corrected chi connectivity index (χ3v) is 2.14. The number of carbonyl (C=O) groups is 1. The zero-order chi connectivity index (χ0) is 13.8. The molecular formula is C11H9F2N3O3. The molecular weight excluding hydrogens is 260 g/mol. The van der Waals surface area contributed by atoms with E-state index in [2.05, 4.69) is 5.16 Å². The van der Waals surface area contributed by atoms with Crippen LogP contribution in [0.2, 0.25) is 0 Å². The third-order valence-electron chi connectivity index (χ3n) is 2.14. The third kappa shape index (κ3) is 3.26. The molecule has 8 heteroatoms. The van der Waals surface area contributed by atoms with Crippen molar-refractivity contribution in [1.29, 1.82) is 0 Å². The maximum absolute atomic E-state index is 12.9. The average molecular weight is 269 g/mol. The quantitative estimate of drug-likeness (QED) is 0.493. The Morgan fingerprint density at radius 1 is 1.32 bits per heavy atom. The van der Waals surface area contributed by atoms with Gasteiger partial charge in [-0.05, 0) is 0 Å². The van der Waals surface area contributed by atoms with E-state index in [1.807, 2.05) is 5.43 Å². The van der Waals surface area contributed by atoms with E-state index >= 15 is 0 Å². The van der Waals surface area contributed by atoms with Crippen LogP contribution in [-0.2, 0) is 6.61 Å². The first-order chi connectivity index (χ1) is 9.08. The second-order valence-electron chi connectivity index (χ2n) is 3.55. The average Bonchev–Trinajstić information content (AvgIpc) is 2.83. The fourth-order valence-corrected chi connectivity index (χ4v) is 1.33. The normalized spacial score (nSPS) is 10.3. The molecule has 0 saturated carbocycles. The maximum atomic E-state index is 12.9. The van der Waals surface area contributed by atoms with Crippen molar-refractivity contribution in [3.63, 3.8) is 0 Å². The van der Waals surface area contributed by atoms with Crippen LogP contribution >= 0.6 is 0 Å². The number of nitrogens with zero attached hydrogens (tertiary/aromatic N) is 1. The molecule has 0 fully saturated rings. The summed E-state index contributed by atoms with van der Waals surface area (Å²) in [5.74, 6) is 3.00. The number of nitrogens with two attached hydrogens (primary N) is 1. The molecule has 0 unspecified atom stereocenters. The highest BCUT2D eigenvalue weighted by Crippen LogP contribution is 2.17. The number of hydrogen-bond acceptors (Lipinski definition) is 5. The van der Waals surface area contributed by atoms with Crippen molar-refractivity contribution >= 4 is 5.91 Å². The van der Waals surface area contributed by atoms with Gasteiger partial charge in [0.15, 0.2) is 11.5 Å². The Morgan fingerprint density at radius 3 is 2.63 bits per heavy atom. The molecule has 1 aromatic carbocycles. The fraction of sp³-hybridized carbons (Fsp3) is 0.0909. The highest BCUT2D eigenvalue weighted by atomic mass is 19.1. The first-order valence-electron chi connectivity index (χ1n) is 5.14. The lowest BCUT2D eigenvalue weighted by Gasteiger charge is -2.03. The Bertz CT molecular complexity index is 580. The van der Waals surface area contributed by atoms with Crippen LogP contribution in [0.15, 0.2) is 28.8 Å². The molecule has 100 valence electrons. The molecule has 0 spiro atoms. The van der Waals surface area contributed by atoms with Crippen LogP contribution in [0.5, 0.6) is 5.75 Å². The van der Waals surface area contributed by atoms with Crippen LogP contribution in [0.1, 0.15) is 16.2 Å². The fourth-order valence-electron chi connectivity index (χ4n) is 1.33. The Labute approximate surface area is 106 Å². The maximum Gasteiger partial charge on any atom is 0.287 e. The Balaban J connectivity index is 2.02. The van der Waals surface area contributed by atoms with Crippen molar-refractivity contribution in [2.75, 3.05) is 0 Å². The summed E-state index contributed by atoms with van der Waals surface area (Å²) in [6.45, 7) is -0.131. The predicted octanol–water partition coefficient (Wildman–Crippen LogP) is 1.14. The minimum absolute atomic E-state index is 0.00118. The number of amides is 1. The monoisotopic (exact) mass is 269 g/mol. The van der Waals surface area contributed by atoms with Crippen molar-refractivity contribution in [3.05, 3.63) is 47.4 Å². The largest absolute Gasteiger partial charge is 0.485 e. The molecule has 0 aliphatic carbocycles. The topological polar surface area (TPSA) is 90.4 Å². The first kappa shape index (κ1) is 13.0. The number of nitrogens with one attached hydrogen (secondary N) is 1. The summed E-state index contributed by atoms with van der Waals surface area (Å²) in [6, 6.07) is 4.07. The molecule has 0 bridgehead atoms. The summed E-state index contributed by atoms with van der Waals surface area (Å²) in [6.07, 6.45) is 0. The van der Waals surface area contributed by atoms with Gasteiger partial charge in [0.05, 0.1) is 0 Å². The van der Waals surface area contributed by atoms with Crippen molar-refractivity contribution in [2.24, 2.45) is 5.84 Å². The SMILES string of the molecule is NNC(=O)c1cc(COc2cc(F)cc(F)c2)on1. The van der Waals surface area contributed by atoms with E-state index < -0.39 is 17.5 Å². The molecule has 19 heavy (non-hydrogen) atoms. The van der Waals surface area contributed by atoms with Gasteiger partial charge in [-0.3, -0.25) is 10.2 Å². The molecule has 1 heterocycles. The lowest BCUT2D eigenvalue weighted by Crippen LogP contribution is -2.30. The number of carbonyl (C=O) groups excluding carboxylic acids is 1.